The molecule has 3 aromatic rings. The van der Waals surface area contributed by atoms with Gasteiger partial charge in [-0.25, -0.2) is 5.43 Å². The minimum Gasteiger partial charge on any atom is -0.508 e. The minimum absolute atomic E-state index is 0.0378. The van der Waals surface area contributed by atoms with E-state index in [1.807, 2.05) is 26.8 Å². The second kappa shape index (κ2) is 20.6. The number of aromatic nitrogens is 2. The molecule has 16 heteroatoms. The molecule has 1 aliphatic carbocycles. The van der Waals surface area contributed by atoms with E-state index in [9.17, 15) is 29.1 Å². The topological polar surface area (TPSA) is 198 Å². The Bertz CT molecular complexity index is 2590. The van der Waals surface area contributed by atoms with Gasteiger partial charge in [-0.1, -0.05) is 40.7 Å². The van der Waals surface area contributed by atoms with Crippen molar-refractivity contribution in [2.24, 2.45) is 23.2 Å². The number of carbonyl (C=O) groups excluding carboxylic acids is 5. The van der Waals surface area contributed by atoms with E-state index < -0.39 is 47.1 Å². The smallest absolute Gasteiger partial charge is 0.324 e. The van der Waals surface area contributed by atoms with Gasteiger partial charge in [-0.15, -0.1) is 0 Å². The Hall–Kier alpha value is -5.84. The van der Waals surface area contributed by atoms with Crippen LogP contribution in [0.4, 0.5) is 0 Å². The van der Waals surface area contributed by atoms with Crippen LogP contribution < -0.4 is 16.1 Å². The molecule has 3 aliphatic heterocycles. The third-order valence-electron chi connectivity index (χ3n) is 14.3. The van der Waals surface area contributed by atoms with Crippen molar-refractivity contribution < 1.29 is 38.6 Å². The second-order valence-electron chi connectivity index (χ2n) is 20.7. The van der Waals surface area contributed by atoms with Crippen LogP contribution in [0.2, 0.25) is 0 Å². The summed E-state index contributed by atoms with van der Waals surface area (Å²) < 4.78 is 14.3. The van der Waals surface area contributed by atoms with Gasteiger partial charge in [-0.2, -0.15) is 0 Å². The summed E-state index contributed by atoms with van der Waals surface area (Å²) in [4.78, 5) is 77.8. The molecule has 0 spiro atoms. The van der Waals surface area contributed by atoms with Crippen molar-refractivity contribution in [3.8, 4) is 11.3 Å². The highest BCUT2D eigenvalue weighted by molar-refractivity contribution is 6.01. The van der Waals surface area contributed by atoms with Gasteiger partial charge in [0.15, 0.2) is 0 Å². The number of pyridine rings is 1. The van der Waals surface area contributed by atoms with Gasteiger partial charge in [0.2, 0.25) is 11.8 Å². The summed E-state index contributed by atoms with van der Waals surface area (Å²) >= 11 is 0. The molecule has 7 atom stereocenters. The molecule has 4 aliphatic rings. The fourth-order valence-electron chi connectivity index (χ4n) is 10.4. The lowest BCUT2D eigenvalue weighted by Gasteiger charge is -2.37. The molecule has 1 aromatic carbocycles. The van der Waals surface area contributed by atoms with Gasteiger partial charge in [0.1, 0.15) is 29.6 Å². The van der Waals surface area contributed by atoms with E-state index >= 15 is 0 Å². The number of esters is 1. The number of fused-ring (bicyclic) bond motifs is 6. The predicted molar refractivity (Wildman–Crippen MR) is 265 cm³/mol. The van der Waals surface area contributed by atoms with E-state index in [2.05, 4.69) is 72.6 Å². The fraction of sp³-hybridized carbons (Fsp3) is 0.547. The Balaban J connectivity index is 1.27. The first kappa shape index (κ1) is 51.0. The monoisotopic (exact) mass is 949 g/mol. The maximum absolute atomic E-state index is 14.8. The third kappa shape index (κ3) is 10.7. The Kier molecular flexibility index (Phi) is 15.3. The molecule has 16 nitrogen and oxygen atoms in total. The molecule has 69 heavy (non-hydrogen) atoms. The number of allylic oxidation sites excluding steroid dienone is 4. The number of rotatable bonds is 11. The molecule has 2 aromatic heterocycles. The molecule has 2 saturated heterocycles. The minimum atomic E-state index is -1.16. The van der Waals surface area contributed by atoms with Gasteiger partial charge < -0.3 is 34.3 Å². The molecular weight excluding hydrogens is 877 g/mol. The summed E-state index contributed by atoms with van der Waals surface area (Å²) in [5.41, 5.74) is 9.77. The number of hydrogen-bond donors (Lipinski definition) is 4. The van der Waals surface area contributed by atoms with Crippen LogP contribution >= 0.6 is 0 Å². The van der Waals surface area contributed by atoms with Gasteiger partial charge in [0.25, 0.3) is 11.8 Å². The Morgan fingerprint density at radius 1 is 1.12 bits per heavy atom. The maximum Gasteiger partial charge on any atom is 0.324 e. The van der Waals surface area contributed by atoms with E-state index in [0.717, 1.165) is 44.6 Å². The van der Waals surface area contributed by atoms with Crippen LogP contribution in [0.3, 0.4) is 0 Å². The number of ether oxygens (including phenoxy) is 2. The molecule has 4 N–H and O–H groups in total. The number of nitrogens with zero attached hydrogens (tertiary/aromatic N) is 5. The first-order valence-electron chi connectivity index (χ1n) is 24.4. The summed E-state index contributed by atoms with van der Waals surface area (Å²) in [6.07, 6.45) is 6.56. The summed E-state index contributed by atoms with van der Waals surface area (Å²) in [5, 5.41) is 20.1. The van der Waals surface area contributed by atoms with E-state index in [-0.39, 0.29) is 73.5 Å². The normalized spacial score (nSPS) is 24.1. The van der Waals surface area contributed by atoms with E-state index in [0.29, 0.717) is 31.4 Å². The van der Waals surface area contributed by atoms with Crippen LogP contribution in [0.5, 0.6) is 0 Å². The average Bonchev–Trinajstić information content (AvgIpc) is 4.08. The number of aryl methyl sites for hydroxylation is 1. The van der Waals surface area contributed by atoms with Crippen LogP contribution in [0.15, 0.2) is 65.7 Å². The van der Waals surface area contributed by atoms with Gasteiger partial charge in [-0.3, -0.25) is 39.3 Å². The first-order chi connectivity index (χ1) is 32.7. The van der Waals surface area contributed by atoms with Gasteiger partial charge in [0, 0.05) is 68.4 Å². The predicted octanol–water partition coefficient (Wildman–Crippen LogP) is 6.22. The number of amides is 4. The van der Waals surface area contributed by atoms with Crippen molar-refractivity contribution in [3.63, 3.8) is 0 Å². The number of aliphatic hydroxyl groups is 1. The SMILES string of the molecule is CCn1c(-c2cccnc2[C@H](C)OC)c2c3cc(ccc31)C1=CC(O)=CC(C[C@H](NC(=O)C(=C(C)C)N(C)C(=O)CN(C)C(=O)[C@H]3N[C@H]3C(C)C)C(=O)N3CCC[C@H](N3)C(=O)OCC(C)(C)C2)C1C. The van der Waals surface area contributed by atoms with Crippen LogP contribution in [0.1, 0.15) is 105 Å². The Morgan fingerprint density at radius 2 is 1.86 bits per heavy atom. The summed E-state index contributed by atoms with van der Waals surface area (Å²) in [6.45, 7) is 18.6. The molecule has 0 saturated carbocycles. The number of likely N-dealkylation sites (N-methyl/N-ethyl adjacent to an activating group) is 2. The number of aliphatic hydroxyl groups excluding tert-OH is 1. The summed E-state index contributed by atoms with van der Waals surface area (Å²) in [7, 11) is 4.73. The fourth-order valence-corrected chi connectivity index (χ4v) is 10.4. The van der Waals surface area contributed by atoms with Crippen molar-refractivity contribution in [3.05, 3.63) is 82.5 Å². The number of cyclic esters (lactones) is 1. The molecule has 4 amide bonds. The van der Waals surface area contributed by atoms with Crippen molar-refractivity contribution in [1.29, 1.82) is 0 Å². The molecule has 2 fully saturated rings. The molecular formula is C53H72N8O8. The first-order valence-corrected chi connectivity index (χ1v) is 24.4. The van der Waals surface area contributed by atoms with Crippen molar-refractivity contribution in [2.45, 2.75) is 125 Å². The van der Waals surface area contributed by atoms with Crippen LogP contribution in [-0.2, 0) is 46.4 Å². The lowest BCUT2D eigenvalue weighted by atomic mass is 9.76. The zero-order valence-electron chi connectivity index (χ0n) is 42.4. The molecule has 6 bridgehead atoms. The van der Waals surface area contributed by atoms with Gasteiger partial charge in [-0.05, 0) is 130 Å². The standard InChI is InChI=1S/C53H72N8O8/c1-13-60-42-19-18-33-23-38(42)39(48(60)36-16-14-20-54-45(36)32(7)68-12)26-53(8,9)28-69-52(67)40-17-15-21-61(57-40)50(65)41(24-34-22-35(62)25-37(33)31(34)6)55-49(64)47(30(4)5)59(11)43(63)27-58(10)51(66)46-44(56-46)29(2)3/h14,16,18-20,22-23,25,29,31-32,34,40-41,44,46,56-57,62H,13,15,17,21,24,26-28H2,1-12H3,(H,55,64)/t31?,32-,34?,40-,41-,44-,46-/m0/s1. The van der Waals surface area contributed by atoms with Crippen LogP contribution in [0.25, 0.3) is 27.7 Å². The van der Waals surface area contributed by atoms with Crippen molar-refractivity contribution in [2.75, 3.05) is 40.9 Å². The Morgan fingerprint density at radius 3 is 2.52 bits per heavy atom. The highest BCUT2D eigenvalue weighted by Crippen LogP contribution is 2.44. The third-order valence-corrected chi connectivity index (χ3v) is 14.3. The number of benzene rings is 1. The number of carbonyl (C=O) groups is 5. The quantitative estimate of drug-likeness (QED) is 0.0967. The number of hydrogen-bond acceptors (Lipinski definition) is 11. The zero-order chi connectivity index (χ0) is 50.2. The Labute approximate surface area is 406 Å². The van der Waals surface area contributed by atoms with Crippen molar-refractivity contribution >= 4 is 46.1 Å². The summed E-state index contributed by atoms with van der Waals surface area (Å²) in [6, 6.07) is 8.06. The lowest BCUT2D eigenvalue weighted by molar-refractivity contribution is -0.155. The van der Waals surface area contributed by atoms with E-state index in [4.69, 9.17) is 14.5 Å². The van der Waals surface area contributed by atoms with Crippen LogP contribution in [0, 0.1) is 23.2 Å². The molecule has 2 unspecified atom stereocenters. The van der Waals surface area contributed by atoms with E-state index in [1.54, 1.807) is 46.4 Å². The van der Waals surface area contributed by atoms with Gasteiger partial charge in [0.05, 0.1) is 30.6 Å². The summed E-state index contributed by atoms with van der Waals surface area (Å²) in [5.74, 6) is -2.68. The average molecular weight is 949 g/mol. The van der Waals surface area contributed by atoms with E-state index in [1.165, 1.54) is 21.9 Å². The molecule has 5 heterocycles. The number of methoxy groups -OCH3 is 1. The largest absolute Gasteiger partial charge is 0.508 e. The molecule has 372 valence electrons. The second-order valence-corrected chi connectivity index (χ2v) is 20.7. The van der Waals surface area contributed by atoms with Crippen LogP contribution in [-0.4, -0.2) is 124 Å². The highest BCUT2D eigenvalue weighted by Gasteiger charge is 2.46. The zero-order valence-corrected chi connectivity index (χ0v) is 42.4. The number of hydrazine groups is 1. The molecule has 0 radical (unpaired) electrons. The van der Waals surface area contributed by atoms with Gasteiger partial charge >= 0.3 is 5.97 Å². The lowest BCUT2D eigenvalue weighted by Crippen LogP contribution is -2.60. The number of nitrogens with one attached hydrogen (secondary N) is 3. The van der Waals surface area contributed by atoms with Crippen molar-refractivity contribution in [1.82, 2.24) is 40.4 Å². The highest BCUT2D eigenvalue weighted by atomic mass is 16.5. The maximum atomic E-state index is 14.8. The molecule has 7 rings (SSSR count).